The summed E-state index contributed by atoms with van der Waals surface area (Å²) >= 11 is 0. The molecule has 1 aliphatic heterocycles. The Kier molecular flexibility index (Phi) is 7.05. The van der Waals surface area contributed by atoms with Gasteiger partial charge >= 0.3 is 5.97 Å². The number of methoxy groups -OCH3 is 1. The van der Waals surface area contributed by atoms with Crippen molar-refractivity contribution in [3.63, 3.8) is 0 Å². The van der Waals surface area contributed by atoms with Crippen molar-refractivity contribution in [1.29, 1.82) is 0 Å². The predicted octanol–water partition coefficient (Wildman–Crippen LogP) is 6.28. The van der Waals surface area contributed by atoms with Gasteiger partial charge in [0.25, 0.3) is 0 Å². The van der Waals surface area contributed by atoms with Crippen molar-refractivity contribution in [2.75, 3.05) is 7.11 Å². The summed E-state index contributed by atoms with van der Waals surface area (Å²) < 4.78 is 11.7. The van der Waals surface area contributed by atoms with Crippen molar-refractivity contribution in [3.8, 4) is 0 Å². The van der Waals surface area contributed by atoms with Gasteiger partial charge in [-0.1, -0.05) is 20.8 Å². The maximum absolute atomic E-state index is 12.2. The molecule has 0 amide bonds. The second kappa shape index (κ2) is 8.95. The lowest BCUT2D eigenvalue weighted by molar-refractivity contribution is -0.212. The van der Waals surface area contributed by atoms with E-state index in [1.54, 1.807) is 0 Å². The second-order valence-electron chi connectivity index (χ2n) is 15.2. The third-order valence-electron chi connectivity index (χ3n) is 12.5. The molecule has 1 heterocycles. The van der Waals surface area contributed by atoms with Crippen LogP contribution in [-0.4, -0.2) is 46.2 Å². The van der Waals surface area contributed by atoms with Crippen LogP contribution in [0.2, 0.25) is 0 Å². The highest BCUT2D eigenvalue weighted by Gasteiger charge is 2.69. The molecule has 0 bridgehead atoms. The van der Waals surface area contributed by atoms with Gasteiger partial charge in [-0.2, -0.15) is 0 Å². The van der Waals surface area contributed by atoms with E-state index in [9.17, 15) is 15.0 Å². The molecule has 3 aliphatic carbocycles. The molecule has 4 fully saturated rings. The Labute approximate surface area is 220 Å². The maximum atomic E-state index is 12.2. The molecule has 0 aromatic rings. The highest BCUT2D eigenvalue weighted by Crippen LogP contribution is 2.74. The smallest absolute Gasteiger partial charge is 0.305 e. The zero-order valence-corrected chi connectivity index (χ0v) is 24.6. The van der Waals surface area contributed by atoms with Crippen LogP contribution in [0.1, 0.15) is 120 Å². The normalized spacial score (nSPS) is 47.4. The van der Waals surface area contributed by atoms with E-state index in [1.807, 2.05) is 27.7 Å². The van der Waals surface area contributed by atoms with E-state index >= 15 is 0 Å². The second-order valence-corrected chi connectivity index (χ2v) is 15.2. The predicted molar refractivity (Wildman–Crippen MR) is 142 cm³/mol. The van der Waals surface area contributed by atoms with Crippen LogP contribution in [0.3, 0.4) is 0 Å². The number of esters is 1. The molecule has 0 radical (unpaired) electrons. The first kappa shape index (κ1) is 28.4. The van der Waals surface area contributed by atoms with Crippen molar-refractivity contribution < 1.29 is 24.5 Å². The van der Waals surface area contributed by atoms with Crippen LogP contribution in [0, 0.1) is 39.9 Å². The molecular formula is C31H54O5. The molecule has 0 aromatic heterocycles. The lowest BCUT2D eigenvalue weighted by atomic mass is 9.37. The molecule has 0 aromatic carbocycles. The van der Waals surface area contributed by atoms with Gasteiger partial charge in [0.15, 0.2) is 0 Å². The summed E-state index contributed by atoms with van der Waals surface area (Å²) in [6.45, 7) is 17.5. The lowest BCUT2D eigenvalue weighted by Crippen LogP contribution is -2.62. The van der Waals surface area contributed by atoms with E-state index in [0.717, 1.165) is 38.5 Å². The molecule has 5 heteroatoms. The van der Waals surface area contributed by atoms with Gasteiger partial charge in [-0.05, 0) is 132 Å². The number of carbonyl (C=O) groups excluding carboxylic acids is 1. The average molecular weight is 507 g/mol. The van der Waals surface area contributed by atoms with Crippen LogP contribution in [0.25, 0.3) is 0 Å². The highest BCUT2D eigenvalue weighted by molar-refractivity contribution is 5.69. The van der Waals surface area contributed by atoms with Gasteiger partial charge in [0.05, 0.1) is 30.0 Å². The molecule has 1 saturated heterocycles. The molecular weight excluding hydrogens is 452 g/mol. The van der Waals surface area contributed by atoms with Crippen molar-refractivity contribution in [3.05, 3.63) is 0 Å². The monoisotopic (exact) mass is 506 g/mol. The van der Waals surface area contributed by atoms with Crippen LogP contribution >= 0.6 is 0 Å². The minimum absolute atomic E-state index is 0.0925. The lowest BCUT2D eigenvalue weighted by Gasteiger charge is -2.67. The fraction of sp³-hybridized carbons (Fsp3) is 0.968. The largest absolute Gasteiger partial charge is 0.469 e. The van der Waals surface area contributed by atoms with Crippen LogP contribution in [0.5, 0.6) is 0 Å². The third-order valence-corrected chi connectivity index (χ3v) is 12.5. The summed E-state index contributed by atoms with van der Waals surface area (Å²) in [5, 5.41) is 21.9. The van der Waals surface area contributed by atoms with Crippen molar-refractivity contribution >= 4 is 5.97 Å². The van der Waals surface area contributed by atoms with Gasteiger partial charge in [0.2, 0.25) is 0 Å². The average Bonchev–Trinajstić information content (AvgIpc) is 3.33. The zero-order valence-electron chi connectivity index (χ0n) is 24.6. The molecule has 208 valence electrons. The van der Waals surface area contributed by atoms with Crippen molar-refractivity contribution in [2.24, 2.45) is 39.9 Å². The Balaban J connectivity index is 1.65. The topological polar surface area (TPSA) is 76.0 Å². The standard InChI is InChI=1S/C31H54O5/c1-26(2,33)22-13-18-30(7)23(28(22,5)16-15-25(32)35-9)11-10-20-21(12-17-29(20,30)6)31(8)19-14-24(36-31)27(3,4)34/h20-24,33-34H,10-19H2,1-9H3/t20-,21+,22+,23-,24-,28-,29-,30-,31+/m1/s1. The number of carbonyl (C=O) groups is 1. The van der Waals surface area contributed by atoms with Gasteiger partial charge in [0, 0.05) is 6.42 Å². The SMILES string of the molecule is COC(=O)CC[C@@]1(C)[C@H]2CC[C@@H]3[C@@H]([C@]4(C)CC[C@H](C(C)(C)O)O4)CC[C@@]3(C)[C@]2(C)CC[C@H]1C(C)(C)O. The van der Waals surface area contributed by atoms with Gasteiger partial charge < -0.3 is 19.7 Å². The van der Waals surface area contributed by atoms with E-state index in [1.165, 1.54) is 26.4 Å². The molecule has 3 saturated carbocycles. The van der Waals surface area contributed by atoms with E-state index in [2.05, 4.69) is 27.7 Å². The van der Waals surface area contributed by atoms with Gasteiger partial charge in [-0.15, -0.1) is 0 Å². The minimum Gasteiger partial charge on any atom is -0.469 e. The molecule has 0 unspecified atom stereocenters. The Morgan fingerprint density at radius 2 is 1.50 bits per heavy atom. The fourth-order valence-electron chi connectivity index (χ4n) is 10.5. The zero-order chi connectivity index (χ0) is 26.9. The molecule has 4 aliphatic rings. The third kappa shape index (κ3) is 4.28. The summed E-state index contributed by atoms with van der Waals surface area (Å²) in [6, 6.07) is 0. The van der Waals surface area contributed by atoms with Crippen molar-refractivity contribution in [1.82, 2.24) is 0 Å². The van der Waals surface area contributed by atoms with Gasteiger partial charge in [-0.25, -0.2) is 0 Å². The Morgan fingerprint density at radius 3 is 2.06 bits per heavy atom. The molecule has 5 nitrogen and oxygen atoms in total. The van der Waals surface area contributed by atoms with E-state index in [0.29, 0.717) is 24.2 Å². The highest BCUT2D eigenvalue weighted by atomic mass is 16.5. The number of ether oxygens (including phenoxy) is 2. The summed E-state index contributed by atoms with van der Waals surface area (Å²) in [7, 11) is 1.47. The first-order valence-corrected chi connectivity index (χ1v) is 14.6. The molecule has 9 atom stereocenters. The summed E-state index contributed by atoms with van der Waals surface area (Å²) in [4.78, 5) is 12.2. The Hall–Kier alpha value is -0.650. The van der Waals surface area contributed by atoms with E-state index in [-0.39, 0.29) is 39.8 Å². The van der Waals surface area contributed by atoms with Gasteiger partial charge in [-0.3, -0.25) is 4.79 Å². The number of hydrogen-bond donors (Lipinski definition) is 2. The molecule has 36 heavy (non-hydrogen) atoms. The van der Waals surface area contributed by atoms with Crippen LogP contribution < -0.4 is 0 Å². The summed E-state index contributed by atoms with van der Waals surface area (Å²) in [5.41, 5.74) is -1.52. The van der Waals surface area contributed by atoms with Crippen LogP contribution in [-0.2, 0) is 14.3 Å². The van der Waals surface area contributed by atoms with Crippen molar-refractivity contribution in [2.45, 2.75) is 143 Å². The number of rotatable bonds is 6. The van der Waals surface area contributed by atoms with E-state index in [4.69, 9.17) is 9.47 Å². The summed E-state index contributed by atoms with van der Waals surface area (Å²) in [6.07, 6.45) is 9.89. The van der Waals surface area contributed by atoms with Crippen LogP contribution in [0.15, 0.2) is 0 Å². The van der Waals surface area contributed by atoms with E-state index < -0.39 is 11.2 Å². The fourth-order valence-corrected chi connectivity index (χ4v) is 10.5. The van der Waals surface area contributed by atoms with Gasteiger partial charge in [0.1, 0.15) is 0 Å². The molecule has 0 spiro atoms. The Morgan fingerprint density at radius 1 is 0.861 bits per heavy atom. The molecule has 2 N–H and O–H groups in total. The molecule has 4 rings (SSSR count). The van der Waals surface area contributed by atoms with Crippen LogP contribution in [0.4, 0.5) is 0 Å². The summed E-state index contributed by atoms with van der Waals surface area (Å²) in [5.74, 6) is 1.59. The number of aliphatic hydroxyl groups is 2. The quantitative estimate of drug-likeness (QED) is 0.414. The first-order chi connectivity index (χ1) is 16.4. The minimum atomic E-state index is -0.805. The number of hydrogen-bond acceptors (Lipinski definition) is 5. The number of fused-ring (bicyclic) bond motifs is 3. The first-order valence-electron chi connectivity index (χ1n) is 14.6. The Bertz CT molecular complexity index is 841. The maximum Gasteiger partial charge on any atom is 0.305 e.